The van der Waals surface area contributed by atoms with Crippen LogP contribution in [-0.2, 0) is 14.4 Å². The Labute approximate surface area is 155 Å². The van der Waals surface area contributed by atoms with Crippen LogP contribution in [0, 0.1) is 5.41 Å². The summed E-state index contributed by atoms with van der Waals surface area (Å²) in [5, 5.41) is 72.5. The highest BCUT2D eigenvalue weighted by Crippen LogP contribution is 2.19. The van der Waals surface area contributed by atoms with E-state index in [0.717, 1.165) is 0 Å². The highest BCUT2D eigenvalue weighted by atomic mass is 16.4. The number of rotatable bonds is 11. The van der Waals surface area contributed by atoms with Crippen LogP contribution in [0.3, 0.4) is 0 Å². The molecule has 12 nitrogen and oxygen atoms in total. The Hall–Kier alpha value is -1.67. The van der Waals surface area contributed by atoms with Crippen molar-refractivity contribution in [2.24, 2.45) is 5.41 Å². The second-order valence-electron chi connectivity index (χ2n) is 6.34. The number of carboxylic acids is 1. The average molecular weight is 399 g/mol. The van der Waals surface area contributed by atoms with Gasteiger partial charge in [0.15, 0.2) is 6.29 Å². The van der Waals surface area contributed by atoms with E-state index < -0.39 is 54.4 Å². The van der Waals surface area contributed by atoms with Crippen molar-refractivity contribution in [1.29, 1.82) is 0 Å². The van der Waals surface area contributed by atoms with E-state index in [2.05, 4.69) is 5.32 Å². The molecule has 0 heterocycles. The molecule has 27 heavy (non-hydrogen) atoms. The highest BCUT2D eigenvalue weighted by Gasteiger charge is 2.32. The third kappa shape index (κ3) is 10.9. The molecule has 9 N–H and O–H groups in total. The first-order valence-electron chi connectivity index (χ1n) is 7.92. The fourth-order valence-corrected chi connectivity index (χ4v) is 1.45. The first kappa shape index (κ1) is 27.5. The number of aldehydes is 1. The molecule has 0 aromatic rings. The van der Waals surface area contributed by atoms with Gasteiger partial charge >= 0.3 is 5.97 Å². The van der Waals surface area contributed by atoms with E-state index >= 15 is 0 Å². The van der Waals surface area contributed by atoms with Gasteiger partial charge in [-0.3, -0.25) is 9.59 Å². The standard InChI is InChI=1S/C9H17NO5.C6H12O6/c1-9(2,5-11)7(14)8(15)10-4-3-6(12)13;7-1-3(9)5(11)6(12)4(10)2-8/h7,11,14H,3-5H2,1-2H3,(H,10,15)(H,12,13);1,3-6,8-12H,2H2. The minimum atomic E-state index is -1.79. The van der Waals surface area contributed by atoms with Crippen LogP contribution in [0.5, 0.6) is 0 Å². The first-order chi connectivity index (χ1) is 12.3. The number of carbonyl (C=O) groups excluding carboxylic acids is 2. The molecule has 5 atom stereocenters. The maximum Gasteiger partial charge on any atom is 0.305 e. The lowest BCUT2D eigenvalue weighted by Crippen LogP contribution is -2.46. The lowest BCUT2D eigenvalue weighted by Gasteiger charge is -2.26. The lowest BCUT2D eigenvalue weighted by atomic mass is 9.87. The van der Waals surface area contributed by atoms with E-state index in [1.54, 1.807) is 0 Å². The summed E-state index contributed by atoms with van der Waals surface area (Å²) >= 11 is 0. The number of carbonyl (C=O) groups is 3. The van der Waals surface area contributed by atoms with Crippen LogP contribution < -0.4 is 5.32 Å². The van der Waals surface area contributed by atoms with Gasteiger partial charge in [-0.2, -0.15) is 0 Å². The molecule has 0 aliphatic rings. The van der Waals surface area contributed by atoms with Crippen molar-refractivity contribution in [3.8, 4) is 0 Å². The Morgan fingerprint density at radius 2 is 1.56 bits per heavy atom. The molecule has 0 saturated heterocycles. The van der Waals surface area contributed by atoms with Gasteiger partial charge in [0.25, 0.3) is 0 Å². The molecule has 0 saturated carbocycles. The van der Waals surface area contributed by atoms with Gasteiger partial charge in [0.1, 0.15) is 30.5 Å². The summed E-state index contributed by atoms with van der Waals surface area (Å²) in [6.07, 6.45) is -8.39. The number of hydrogen-bond acceptors (Lipinski definition) is 10. The Bertz CT molecular complexity index is 457. The monoisotopic (exact) mass is 399 g/mol. The summed E-state index contributed by atoms with van der Waals surface area (Å²) in [5.74, 6) is -1.69. The minimum absolute atomic E-state index is 0.0258. The van der Waals surface area contributed by atoms with Crippen LogP contribution in [0.2, 0.25) is 0 Å². The van der Waals surface area contributed by atoms with Crippen molar-refractivity contribution >= 4 is 18.2 Å². The second-order valence-corrected chi connectivity index (χ2v) is 6.34. The fraction of sp³-hybridized carbons (Fsp3) is 0.800. The molecule has 1 amide bonds. The van der Waals surface area contributed by atoms with E-state index in [0.29, 0.717) is 0 Å². The van der Waals surface area contributed by atoms with E-state index in [1.165, 1.54) is 13.8 Å². The number of aliphatic hydroxyl groups excluding tert-OH is 7. The van der Waals surface area contributed by atoms with E-state index in [-0.39, 0.29) is 25.9 Å². The van der Waals surface area contributed by atoms with Crippen molar-refractivity contribution < 1.29 is 55.2 Å². The van der Waals surface area contributed by atoms with Crippen LogP contribution in [0.4, 0.5) is 0 Å². The Balaban J connectivity index is 0. The van der Waals surface area contributed by atoms with Crippen molar-refractivity contribution in [3.05, 3.63) is 0 Å². The Kier molecular flexibility index (Phi) is 13.8. The van der Waals surface area contributed by atoms with Gasteiger partial charge in [-0.25, -0.2) is 0 Å². The maximum absolute atomic E-state index is 11.3. The minimum Gasteiger partial charge on any atom is -0.481 e. The molecule has 0 aromatic heterocycles. The van der Waals surface area contributed by atoms with Gasteiger partial charge < -0.3 is 51.0 Å². The molecule has 160 valence electrons. The van der Waals surface area contributed by atoms with Gasteiger partial charge in [0.2, 0.25) is 5.91 Å². The quantitative estimate of drug-likeness (QED) is 0.151. The van der Waals surface area contributed by atoms with Crippen LogP contribution in [0.15, 0.2) is 0 Å². The van der Waals surface area contributed by atoms with Crippen LogP contribution in [0.1, 0.15) is 20.3 Å². The van der Waals surface area contributed by atoms with E-state index in [4.69, 9.17) is 35.7 Å². The highest BCUT2D eigenvalue weighted by molar-refractivity contribution is 5.81. The molecule has 12 heteroatoms. The maximum atomic E-state index is 11.3. The van der Waals surface area contributed by atoms with Gasteiger partial charge in [-0.1, -0.05) is 13.8 Å². The molecule has 0 bridgehead atoms. The summed E-state index contributed by atoms with van der Waals surface area (Å²) in [7, 11) is 0. The smallest absolute Gasteiger partial charge is 0.305 e. The SMILES string of the molecule is CC(C)(CO)C(O)C(=O)NCCC(=O)O.O=CC(O)C(O)C(O)C(O)CO. The third-order valence-electron chi connectivity index (χ3n) is 3.45. The molecule has 5 unspecified atom stereocenters. The van der Waals surface area contributed by atoms with Crippen molar-refractivity contribution in [3.63, 3.8) is 0 Å². The van der Waals surface area contributed by atoms with Gasteiger partial charge in [0.05, 0.1) is 19.6 Å². The van der Waals surface area contributed by atoms with Crippen molar-refractivity contribution in [1.82, 2.24) is 5.32 Å². The van der Waals surface area contributed by atoms with Gasteiger partial charge in [0, 0.05) is 12.0 Å². The van der Waals surface area contributed by atoms with Gasteiger partial charge in [-0.05, 0) is 0 Å². The number of aliphatic carboxylic acids is 1. The number of nitrogens with one attached hydrogen (secondary N) is 1. The number of carboxylic acid groups (broad SMARTS) is 1. The number of aliphatic hydroxyl groups is 7. The summed E-state index contributed by atoms with van der Waals surface area (Å²) in [4.78, 5) is 31.3. The Morgan fingerprint density at radius 1 is 1.04 bits per heavy atom. The molecule has 0 radical (unpaired) electrons. The third-order valence-corrected chi connectivity index (χ3v) is 3.45. The molecular weight excluding hydrogens is 370 g/mol. The summed E-state index contributed by atoms with van der Waals surface area (Å²) in [6, 6.07) is 0. The molecular formula is C15H29NO11. The van der Waals surface area contributed by atoms with Crippen LogP contribution in [-0.4, -0.2) is 109 Å². The van der Waals surface area contributed by atoms with E-state index in [1.807, 2.05) is 0 Å². The Morgan fingerprint density at radius 3 is 1.93 bits per heavy atom. The first-order valence-corrected chi connectivity index (χ1v) is 7.92. The summed E-state index contributed by atoms with van der Waals surface area (Å²) in [5.41, 5.74) is -0.937. The topological polar surface area (TPSA) is 225 Å². The van der Waals surface area contributed by atoms with Crippen molar-refractivity contribution in [2.45, 2.75) is 50.8 Å². The predicted octanol–water partition coefficient (Wildman–Crippen LogP) is -4.42. The van der Waals surface area contributed by atoms with Crippen LogP contribution in [0.25, 0.3) is 0 Å². The molecule has 0 fully saturated rings. The zero-order valence-electron chi connectivity index (χ0n) is 15.1. The molecule has 0 aliphatic carbocycles. The molecule has 0 aromatic carbocycles. The molecule has 0 rings (SSSR count). The zero-order chi connectivity index (χ0) is 21.8. The fourth-order valence-electron chi connectivity index (χ4n) is 1.45. The number of hydrogen-bond donors (Lipinski definition) is 9. The largest absolute Gasteiger partial charge is 0.481 e. The van der Waals surface area contributed by atoms with Gasteiger partial charge in [-0.15, -0.1) is 0 Å². The summed E-state index contributed by atoms with van der Waals surface area (Å²) in [6.45, 7) is 1.94. The zero-order valence-corrected chi connectivity index (χ0v) is 15.1. The average Bonchev–Trinajstić information content (AvgIpc) is 2.64. The lowest BCUT2D eigenvalue weighted by molar-refractivity contribution is -0.138. The van der Waals surface area contributed by atoms with Crippen molar-refractivity contribution in [2.75, 3.05) is 19.8 Å². The second kappa shape index (κ2) is 13.5. The van der Waals surface area contributed by atoms with E-state index in [9.17, 15) is 19.5 Å². The molecule has 0 aliphatic heterocycles. The predicted molar refractivity (Wildman–Crippen MR) is 89.3 cm³/mol. The van der Waals surface area contributed by atoms with Crippen LogP contribution >= 0.6 is 0 Å². The normalized spacial score (nSPS) is 16.8. The summed E-state index contributed by atoms with van der Waals surface area (Å²) < 4.78 is 0. The molecule has 0 spiro atoms. The number of amides is 1.